The lowest BCUT2D eigenvalue weighted by Crippen LogP contribution is -2.32. The van der Waals surface area contributed by atoms with E-state index in [0.29, 0.717) is 35.3 Å². The van der Waals surface area contributed by atoms with Crippen LogP contribution < -0.4 is 5.32 Å². The second kappa shape index (κ2) is 7.19. The van der Waals surface area contributed by atoms with Crippen molar-refractivity contribution in [2.75, 3.05) is 20.1 Å². The smallest absolute Gasteiger partial charge is 0.246 e. The van der Waals surface area contributed by atoms with E-state index in [1.807, 2.05) is 13.8 Å². The first-order valence-electron chi connectivity index (χ1n) is 7.05. The molecule has 1 aromatic rings. The fraction of sp³-hybridized carbons (Fsp3) is 0.769. The van der Waals surface area contributed by atoms with Gasteiger partial charge in [-0.3, -0.25) is 5.10 Å². The van der Waals surface area contributed by atoms with Gasteiger partial charge in [-0.25, -0.2) is 12.7 Å². The quantitative estimate of drug-likeness (QED) is 0.763. The van der Waals surface area contributed by atoms with Crippen LogP contribution in [0.4, 0.5) is 0 Å². The monoisotopic (exact) mass is 302 g/mol. The van der Waals surface area contributed by atoms with Gasteiger partial charge in [0.15, 0.2) is 0 Å². The van der Waals surface area contributed by atoms with Crippen molar-refractivity contribution in [3.63, 3.8) is 0 Å². The van der Waals surface area contributed by atoms with Crippen LogP contribution in [0.15, 0.2) is 4.90 Å². The first kappa shape index (κ1) is 17.1. The molecule has 7 heteroatoms. The van der Waals surface area contributed by atoms with Crippen molar-refractivity contribution in [1.82, 2.24) is 19.8 Å². The first-order chi connectivity index (χ1) is 9.34. The van der Waals surface area contributed by atoms with Crippen molar-refractivity contribution in [2.45, 2.75) is 45.6 Å². The summed E-state index contributed by atoms with van der Waals surface area (Å²) >= 11 is 0. The summed E-state index contributed by atoms with van der Waals surface area (Å²) in [5, 5.41) is 10.0. The van der Waals surface area contributed by atoms with Crippen LogP contribution in [0.5, 0.6) is 0 Å². The number of hydrogen-bond acceptors (Lipinski definition) is 4. The van der Waals surface area contributed by atoms with Gasteiger partial charge in [-0.05, 0) is 19.4 Å². The zero-order valence-corrected chi connectivity index (χ0v) is 13.8. The maximum absolute atomic E-state index is 12.7. The van der Waals surface area contributed by atoms with Gasteiger partial charge in [-0.15, -0.1) is 0 Å². The van der Waals surface area contributed by atoms with E-state index in [1.54, 1.807) is 14.0 Å². The van der Waals surface area contributed by atoms with Gasteiger partial charge in [0.2, 0.25) is 10.0 Å². The number of aryl methyl sites for hydroxylation is 1. The van der Waals surface area contributed by atoms with Gasteiger partial charge in [-0.2, -0.15) is 5.10 Å². The summed E-state index contributed by atoms with van der Waals surface area (Å²) in [5.74, 6) is 0.333. The second-order valence-electron chi connectivity index (χ2n) is 5.20. The Labute approximate surface area is 122 Å². The summed E-state index contributed by atoms with van der Waals surface area (Å²) < 4.78 is 26.8. The minimum absolute atomic E-state index is 0.309. The van der Waals surface area contributed by atoms with Crippen molar-refractivity contribution in [2.24, 2.45) is 5.92 Å². The van der Waals surface area contributed by atoms with Crippen LogP contribution in [-0.4, -0.2) is 43.1 Å². The van der Waals surface area contributed by atoms with Crippen LogP contribution in [0.1, 0.15) is 38.6 Å². The molecule has 0 saturated carbocycles. The average molecular weight is 302 g/mol. The van der Waals surface area contributed by atoms with E-state index in [-0.39, 0.29) is 0 Å². The molecule has 0 aromatic carbocycles. The van der Waals surface area contributed by atoms with E-state index >= 15 is 0 Å². The molecule has 0 amide bonds. The molecule has 1 atom stereocenters. The molecule has 1 aromatic heterocycles. The highest BCUT2D eigenvalue weighted by atomic mass is 32.2. The lowest BCUT2D eigenvalue weighted by Gasteiger charge is -2.20. The molecule has 0 saturated heterocycles. The molecule has 0 aliphatic carbocycles. The standard InChI is InChI=1S/C13H26N4O2S/c1-6-10(3)9-17(5)20(18,19)13-11(4)15-16-12(13)8-14-7-2/h10,14H,6-9H2,1-5H3,(H,15,16). The van der Waals surface area contributed by atoms with Crippen LogP contribution in [0.25, 0.3) is 0 Å². The maximum Gasteiger partial charge on any atom is 0.246 e. The van der Waals surface area contributed by atoms with E-state index in [0.717, 1.165) is 13.0 Å². The van der Waals surface area contributed by atoms with Gasteiger partial charge in [0, 0.05) is 20.1 Å². The van der Waals surface area contributed by atoms with E-state index in [4.69, 9.17) is 0 Å². The van der Waals surface area contributed by atoms with Crippen molar-refractivity contribution >= 4 is 10.0 Å². The van der Waals surface area contributed by atoms with Crippen LogP contribution >= 0.6 is 0 Å². The summed E-state index contributed by atoms with van der Waals surface area (Å²) in [6.07, 6.45) is 0.953. The van der Waals surface area contributed by atoms with E-state index in [2.05, 4.69) is 22.4 Å². The summed E-state index contributed by atoms with van der Waals surface area (Å²) in [4.78, 5) is 0.309. The lowest BCUT2D eigenvalue weighted by molar-refractivity contribution is 0.393. The molecular weight excluding hydrogens is 276 g/mol. The largest absolute Gasteiger partial charge is 0.311 e. The predicted molar refractivity (Wildman–Crippen MR) is 80.0 cm³/mol. The minimum Gasteiger partial charge on any atom is -0.311 e. The normalized spacial score (nSPS) is 13.9. The Hall–Kier alpha value is -0.920. The van der Waals surface area contributed by atoms with E-state index in [9.17, 15) is 8.42 Å². The van der Waals surface area contributed by atoms with Gasteiger partial charge < -0.3 is 5.32 Å². The fourth-order valence-corrected chi connectivity index (χ4v) is 3.61. The van der Waals surface area contributed by atoms with Gasteiger partial charge in [0.05, 0.1) is 11.4 Å². The third-order valence-electron chi connectivity index (χ3n) is 3.44. The molecule has 0 aliphatic rings. The molecule has 1 unspecified atom stereocenters. The number of nitrogens with zero attached hydrogens (tertiary/aromatic N) is 2. The third-order valence-corrected chi connectivity index (χ3v) is 5.47. The van der Waals surface area contributed by atoms with Crippen LogP contribution in [-0.2, 0) is 16.6 Å². The molecule has 0 radical (unpaired) electrons. The first-order valence-corrected chi connectivity index (χ1v) is 8.49. The third kappa shape index (κ3) is 3.80. The number of H-pyrrole nitrogens is 1. The highest BCUT2D eigenvalue weighted by Gasteiger charge is 2.28. The average Bonchev–Trinajstić information content (AvgIpc) is 2.77. The number of aromatic nitrogens is 2. The Morgan fingerprint density at radius 3 is 2.60 bits per heavy atom. The SMILES string of the molecule is CCNCc1n[nH]c(C)c1S(=O)(=O)N(C)CC(C)CC. The zero-order valence-electron chi connectivity index (χ0n) is 13.0. The molecule has 2 N–H and O–H groups in total. The molecule has 0 aliphatic heterocycles. The van der Waals surface area contributed by atoms with E-state index < -0.39 is 10.0 Å². The molecule has 0 bridgehead atoms. The van der Waals surface area contributed by atoms with Crippen LogP contribution in [0.2, 0.25) is 0 Å². The molecule has 1 rings (SSSR count). The van der Waals surface area contributed by atoms with Gasteiger partial charge in [0.1, 0.15) is 4.90 Å². The summed E-state index contributed by atoms with van der Waals surface area (Å²) in [6.45, 7) is 9.57. The molecular formula is C13H26N4O2S. The van der Waals surface area contributed by atoms with E-state index in [1.165, 1.54) is 4.31 Å². The van der Waals surface area contributed by atoms with Crippen molar-refractivity contribution in [3.8, 4) is 0 Å². The highest BCUT2D eigenvalue weighted by Crippen LogP contribution is 2.22. The molecule has 6 nitrogen and oxygen atoms in total. The van der Waals surface area contributed by atoms with Gasteiger partial charge in [-0.1, -0.05) is 27.2 Å². The molecule has 116 valence electrons. The van der Waals surface area contributed by atoms with Crippen molar-refractivity contribution in [3.05, 3.63) is 11.4 Å². The summed E-state index contributed by atoms with van der Waals surface area (Å²) in [5.41, 5.74) is 1.15. The van der Waals surface area contributed by atoms with Crippen LogP contribution in [0, 0.1) is 12.8 Å². The summed E-state index contributed by atoms with van der Waals surface area (Å²) in [7, 11) is -1.86. The maximum atomic E-state index is 12.7. The second-order valence-corrected chi connectivity index (χ2v) is 7.19. The number of rotatable bonds is 8. The summed E-state index contributed by atoms with van der Waals surface area (Å²) in [6, 6.07) is 0. The van der Waals surface area contributed by atoms with Gasteiger partial charge in [0.25, 0.3) is 0 Å². The van der Waals surface area contributed by atoms with Crippen molar-refractivity contribution in [1.29, 1.82) is 0 Å². The zero-order chi connectivity index (χ0) is 15.3. The molecule has 1 heterocycles. The van der Waals surface area contributed by atoms with Crippen LogP contribution in [0.3, 0.4) is 0 Å². The molecule has 20 heavy (non-hydrogen) atoms. The predicted octanol–water partition coefficient (Wildman–Crippen LogP) is 1.49. The Morgan fingerprint density at radius 2 is 2.05 bits per heavy atom. The number of aromatic amines is 1. The number of sulfonamides is 1. The highest BCUT2D eigenvalue weighted by molar-refractivity contribution is 7.89. The van der Waals surface area contributed by atoms with Gasteiger partial charge >= 0.3 is 0 Å². The topological polar surface area (TPSA) is 78.1 Å². The Morgan fingerprint density at radius 1 is 1.40 bits per heavy atom. The molecule has 0 spiro atoms. The Bertz CT molecular complexity index is 524. The number of nitrogens with one attached hydrogen (secondary N) is 2. The van der Waals surface area contributed by atoms with Crippen molar-refractivity contribution < 1.29 is 8.42 Å². The number of hydrogen-bond donors (Lipinski definition) is 2. The lowest BCUT2D eigenvalue weighted by atomic mass is 10.1. The molecule has 0 fully saturated rings. The Kier molecular flexibility index (Phi) is 6.16. The fourth-order valence-electron chi connectivity index (χ4n) is 2.00. The Balaban J connectivity index is 3.05. The minimum atomic E-state index is -3.49.